The maximum Gasteiger partial charge on any atom is 0.179 e. The van der Waals surface area contributed by atoms with Crippen LogP contribution >= 0.6 is 0 Å². The summed E-state index contributed by atoms with van der Waals surface area (Å²) >= 11 is 0. The van der Waals surface area contributed by atoms with Crippen molar-refractivity contribution in [1.29, 1.82) is 0 Å². The zero-order chi connectivity index (χ0) is 11.7. The third kappa shape index (κ3) is 1.72. The van der Waals surface area contributed by atoms with Crippen LogP contribution in [-0.2, 0) is 0 Å². The van der Waals surface area contributed by atoms with E-state index < -0.39 is 5.82 Å². The highest BCUT2D eigenvalue weighted by molar-refractivity contribution is 6.02. The van der Waals surface area contributed by atoms with Crippen molar-refractivity contribution < 1.29 is 13.6 Å². The smallest absolute Gasteiger partial charge is 0.179 e. The predicted octanol–water partition coefficient (Wildman–Crippen LogP) is 2.36. The second-order valence-electron chi connectivity index (χ2n) is 3.67. The van der Waals surface area contributed by atoms with E-state index in [1.807, 2.05) is 0 Å². The molecule has 0 spiro atoms. The van der Waals surface area contributed by atoms with Crippen molar-refractivity contribution in [2.24, 2.45) is 0 Å². The summed E-state index contributed by atoms with van der Waals surface area (Å²) in [4.78, 5) is 11.8. The normalized spacial score (nSPS) is 12.9. The number of rotatable bonds is 3. The van der Waals surface area contributed by atoms with Gasteiger partial charge in [0.05, 0.1) is 17.7 Å². The van der Waals surface area contributed by atoms with E-state index >= 15 is 0 Å². The maximum atomic E-state index is 13.6. The molecule has 1 unspecified atom stereocenters. The van der Waals surface area contributed by atoms with Crippen molar-refractivity contribution >= 4 is 16.8 Å². The predicted molar refractivity (Wildman–Crippen MR) is 59.0 cm³/mol. The highest BCUT2D eigenvalue weighted by atomic mass is 19.1. The van der Waals surface area contributed by atoms with Crippen LogP contribution in [0, 0.1) is 5.82 Å². The molecule has 16 heavy (non-hydrogen) atoms. The second-order valence-corrected chi connectivity index (χ2v) is 3.67. The van der Waals surface area contributed by atoms with Crippen LogP contribution in [0.2, 0.25) is 0 Å². The van der Waals surface area contributed by atoms with E-state index in [1.54, 1.807) is 26.1 Å². The number of hydrogen-bond acceptors (Lipinski definition) is 3. The fourth-order valence-corrected chi connectivity index (χ4v) is 1.55. The number of benzene rings is 1. The van der Waals surface area contributed by atoms with Crippen molar-refractivity contribution in [3.63, 3.8) is 0 Å². The fourth-order valence-electron chi connectivity index (χ4n) is 1.55. The van der Waals surface area contributed by atoms with E-state index in [4.69, 9.17) is 4.42 Å². The minimum Gasteiger partial charge on any atom is -0.464 e. The highest BCUT2D eigenvalue weighted by Gasteiger charge is 2.16. The molecule has 0 radical (unpaired) electrons. The van der Waals surface area contributed by atoms with E-state index in [1.165, 1.54) is 12.3 Å². The number of ketones is 1. The lowest BCUT2D eigenvalue weighted by Gasteiger charge is -2.08. The third-order valence-electron chi connectivity index (χ3n) is 2.63. The summed E-state index contributed by atoms with van der Waals surface area (Å²) in [5.41, 5.74) is 0.716. The Kier molecular flexibility index (Phi) is 2.75. The van der Waals surface area contributed by atoms with Crippen molar-refractivity contribution in [2.45, 2.75) is 13.0 Å². The van der Waals surface area contributed by atoms with Gasteiger partial charge in [0.15, 0.2) is 5.78 Å². The van der Waals surface area contributed by atoms with Crippen molar-refractivity contribution in [3.8, 4) is 0 Å². The largest absolute Gasteiger partial charge is 0.464 e. The number of fused-ring (bicyclic) bond motifs is 1. The zero-order valence-corrected chi connectivity index (χ0v) is 9.08. The van der Waals surface area contributed by atoms with Crippen LogP contribution in [-0.4, -0.2) is 18.9 Å². The standard InChI is InChI=1S/C12H12FNO2/c1-7(14-2)12(15)8-5-10(13)9-3-4-16-11(9)6-8/h3-7,14H,1-2H3. The molecule has 0 bridgehead atoms. The lowest BCUT2D eigenvalue weighted by Crippen LogP contribution is -2.30. The first-order valence-corrected chi connectivity index (χ1v) is 5.01. The number of hydrogen-bond donors (Lipinski definition) is 1. The van der Waals surface area contributed by atoms with Crippen LogP contribution in [0.15, 0.2) is 28.9 Å². The van der Waals surface area contributed by atoms with E-state index in [9.17, 15) is 9.18 Å². The summed E-state index contributed by atoms with van der Waals surface area (Å²) in [6.07, 6.45) is 1.41. The molecule has 1 heterocycles. The summed E-state index contributed by atoms with van der Waals surface area (Å²) in [5.74, 6) is -0.586. The Morgan fingerprint density at radius 1 is 1.50 bits per heavy atom. The Morgan fingerprint density at radius 3 is 2.94 bits per heavy atom. The Hall–Kier alpha value is -1.68. The van der Waals surface area contributed by atoms with Crippen LogP contribution in [0.3, 0.4) is 0 Å². The molecule has 1 atom stereocenters. The molecule has 2 aromatic rings. The molecule has 2 rings (SSSR count). The first kappa shape index (κ1) is 10.8. The Bertz CT molecular complexity index is 533. The van der Waals surface area contributed by atoms with Gasteiger partial charge in [-0.3, -0.25) is 4.79 Å². The van der Waals surface area contributed by atoms with Gasteiger partial charge in [0.25, 0.3) is 0 Å². The molecule has 3 nitrogen and oxygen atoms in total. The zero-order valence-electron chi connectivity index (χ0n) is 9.08. The Balaban J connectivity index is 2.49. The van der Waals surface area contributed by atoms with Gasteiger partial charge in [-0.15, -0.1) is 0 Å². The summed E-state index contributed by atoms with van der Waals surface area (Å²) in [6, 6.07) is 4.01. The number of carbonyl (C=O) groups excluding carboxylic acids is 1. The SMILES string of the molecule is CNC(C)C(=O)c1cc(F)c2ccoc2c1. The molecule has 0 saturated carbocycles. The minimum atomic E-state index is -0.432. The van der Waals surface area contributed by atoms with Gasteiger partial charge >= 0.3 is 0 Å². The first-order valence-electron chi connectivity index (χ1n) is 5.01. The molecule has 0 fully saturated rings. The Morgan fingerprint density at radius 2 is 2.25 bits per heavy atom. The quantitative estimate of drug-likeness (QED) is 0.809. The van der Waals surface area contributed by atoms with Crippen LogP contribution in [0.4, 0.5) is 4.39 Å². The second kappa shape index (κ2) is 4.06. The van der Waals surface area contributed by atoms with Gasteiger partial charge in [-0.05, 0) is 32.2 Å². The van der Waals surface area contributed by atoms with Gasteiger partial charge in [-0.2, -0.15) is 0 Å². The highest BCUT2D eigenvalue weighted by Crippen LogP contribution is 2.21. The number of halogens is 1. The minimum absolute atomic E-state index is 0.153. The summed E-state index contributed by atoms with van der Waals surface area (Å²) in [5, 5.41) is 3.22. The molecule has 0 aliphatic carbocycles. The number of furan rings is 1. The maximum absolute atomic E-state index is 13.6. The fraction of sp³-hybridized carbons (Fsp3) is 0.250. The van der Waals surface area contributed by atoms with Crippen LogP contribution in [0.5, 0.6) is 0 Å². The summed E-state index contributed by atoms with van der Waals surface area (Å²) in [7, 11) is 1.68. The molecule has 4 heteroatoms. The van der Waals surface area contributed by atoms with E-state index in [0.29, 0.717) is 16.5 Å². The molecule has 0 aliphatic rings. The monoisotopic (exact) mass is 221 g/mol. The molecule has 1 aromatic carbocycles. The third-order valence-corrected chi connectivity index (χ3v) is 2.63. The number of carbonyl (C=O) groups is 1. The average molecular weight is 221 g/mol. The van der Waals surface area contributed by atoms with Gasteiger partial charge in [0, 0.05) is 5.56 Å². The van der Waals surface area contributed by atoms with Gasteiger partial charge in [-0.25, -0.2) is 4.39 Å². The average Bonchev–Trinajstić information content (AvgIpc) is 2.75. The van der Waals surface area contributed by atoms with Crippen LogP contribution < -0.4 is 5.32 Å². The van der Waals surface area contributed by atoms with Gasteiger partial charge in [0.1, 0.15) is 11.4 Å². The van der Waals surface area contributed by atoms with Crippen molar-refractivity contribution in [3.05, 3.63) is 35.8 Å². The molecule has 0 amide bonds. The van der Waals surface area contributed by atoms with Crippen molar-refractivity contribution in [1.82, 2.24) is 5.32 Å². The molecule has 0 saturated heterocycles. The van der Waals surface area contributed by atoms with Crippen molar-refractivity contribution in [2.75, 3.05) is 7.05 Å². The summed E-state index contributed by atoms with van der Waals surface area (Å²) < 4.78 is 18.7. The van der Waals surface area contributed by atoms with Crippen LogP contribution in [0.1, 0.15) is 17.3 Å². The van der Waals surface area contributed by atoms with E-state index in [-0.39, 0.29) is 11.8 Å². The van der Waals surface area contributed by atoms with Gasteiger partial charge in [-0.1, -0.05) is 0 Å². The van der Waals surface area contributed by atoms with Gasteiger partial charge in [0.2, 0.25) is 0 Å². The number of likely N-dealkylation sites (N-methyl/N-ethyl adjacent to an activating group) is 1. The molecular formula is C12H12FNO2. The molecule has 0 aliphatic heterocycles. The van der Waals surface area contributed by atoms with Gasteiger partial charge < -0.3 is 9.73 Å². The van der Waals surface area contributed by atoms with Crippen LogP contribution in [0.25, 0.3) is 11.0 Å². The molecule has 1 aromatic heterocycles. The Labute approximate surface area is 92.2 Å². The van der Waals surface area contributed by atoms with E-state index in [2.05, 4.69) is 5.32 Å². The first-order chi connectivity index (χ1) is 7.63. The summed E-state index contributed by atoms with van der Waals surface area (Å²) in [6.45, 7) is 1.73. The molecule has 1 N–H and O–H groups in total. The lowest BCUT2D eigenvalue weighted by molar-refractivity contribution is 0.0954. The molecule has 84 valence electrons. The topological polar surface area (TPSA) is 42.2 Å². The number of Topliss-reactive ketones (excluding diaryl/α,β-unsaturated/α-hetero) is 1. The lowest BCUT2D eigenvalue weighted by atomic mass is 10.0. The molecular weight excluding hydrogens is 209 g/mol. The van der Waals surface area contributed by atoms with E-state index in [0.717, 1.165) is 0 Å². The number of nitrogens with one attached hydrogen (secondary N) is 1.